The Labute approximate surface area is 115 Å². The molecule has 2 aromatic rings. The molecule has 2 aromatic heterocycles. The van der Waals surface area contributed by atoms with Crippen molar-refractivity contribution >= 4 is 28.6 Å². The molecule has 1 fully saturated rings. The molecule has 0 radical (unpaired) electrons. The van der Waals surface area contributed by atoms with E-state index in [1.165, 1.54) is 29.1 Å². The van der Waals surface area contributed by atoms with Gasteiger partial charge in [0.05, 0.1) is 4.88 Å². The molecule has 1 aliphatic carbocycles. The third kappa shape index (κ3) is 2.65. The topological polar surface area (TPSA) is 20.3 Å². The Morgan fingerprint density at radius 2 is 2.00 bits per heavy atom. The monoisotopic (exact) mass is 277 g/mol. The lowest BCUT2D eigenvalue weighted by molar-refractivity contribution is 0.0750. The van der Waals surface area contributed by atoms with Gasteiger partial charge in [-0.1, -0.05) is 12.1 Å². The smallest absolute Gasteiger partial charge is 0.264 e. The summed E-state index contributed by atoms with van der Waals surface area (Å²) in [6.45, 7) is 0.849. The van der Waals surface area contributed by atoms with Crippen LogP contribution in [-0.2, 0) is 6.42 Å². The minimum atomic E-state index is 0.212. The maximum Gasteiger partial charge on any atom is 0.264 e. The van der Waals surface area contributed by atoms with Gasteiger partial charge in [-0.25, -0.2) is 0 Å². The highest BCUT2D eigenvalue weighted by Gasteiger charge is 2.33. The van der Waals surface area contributed by atoms with E-state index in [2.05, 4.69) is 22.4 Å². The minimum absolute atomic E-state index is 0.212. The molecule has 0 N–H and O–H groups in total. The van der Waals surface area contributed by atoms with Gasteiger partial charge in [-0.3, -0.25) is 4.79 Å². The van der Waals surface area contributed by atoms with E-state index in [0.29, 0.717) is 6.04 Å². The highest BCUT2D eigenvalue weighted by molar-refractivity contribution is 7.12. The van der Waals surface area contributed by atoms with Crippen LogP contribution in [0.25, 0.3) is 0 Å². The van der Waals surface area contributed by atoms with Crippen molar-refractivity contribution in [3.63, 3.8) is 0 Å². The molecule has 2 nitrogen and oxygen atoms in total. The molecule has 0 saturated heterocycles. The van der Waals surface area contributed by atoms with Crippen molar-refractivity contribution in [3.8, 4) is 0 Å². The fourth-order valence-electron chi connectivity index (χ4n) is 2.06. The van der Waals surface area contributed by atoms with E-state index in [0.717, 1.165) is 17.8 Å². The van der Waals surface area contributed by atoms with Crippen molar-refractivity contribution in [2.45, 2.75) is 25.3 Å². The summed E-state index contributed by atoms with van der Waals surface area (Å²) in [4.78, 5) is 16.7. The van der Waals surface area contributed by atoms with Crippen LogP contribution in [0.4, 0.5) is 0 Å². The standard InChI is InChI=1S/C14H15NOS2/c16-14(13-4-2-10-18-13)15(11-5-6-11)8-7-12-3-1-9-17-12/h1-4,9-11H,5-8H2. The van der Waals surface area contributed by atoms with E-state index >= 15 is 0 Å². The van der Waals surface area contributed by atoms with E-state index in [9.17, 15) is 4.79 Å². The molecular formula is C14H15NOS2. The number of nitrogens with zero attached hydrogens (tertiary/aromatic N) is 1. The summed E-state index contributed by atoms with van der Waals surface area (Å²) in [5.74, 6) is 0.212. The minimum Gasteiger partial charge on any atom is -0.335 e. The first-order valence-corrected chi connectivity index (χ1v) is 7.97. The Kier molecular flexibility index (Phi) is 3.48. The maximum atomic E-state index is 12.4. The number of carbonyl (C=O) groups excluding carboxylic acids is 1. The van der Waals surface area contributed by atoms with Gasteiger partial charge in [-0.05, 0) is 42.2 Å². The largest absolute Gasteiger partial charge is 0.335 e. The molecule has 0 spiro atoms. The number of carbonyl (C=O) groups is 1. The SMILES string of the molecule is O=C(c1cccs1)N(CCc1cccs1)C1CC1. The lowest BCUT2D eigenvalue weighted by atomic mass is 10.3. The highest BCUT2D eigenvalue weighted by Crippen LogP contribution is 2.29. The van der Waals surface area contributed by atoms with Crippen molar-refractivity contribution in [3.05, 3.63) is 44.8 Å². The van der Waals surface area contributed by atoms with E-state index < -0.39 is 0 Å². The number of thiophene rings is 2. The Balaban J connectivity index is 1.67. The van der Waals surface area contributed by atoms with Crippen molar-refractivity contribution in [1.29, 1.82) is 0 Å². The lowest BCUT2D eigenvalue weighted by Crippen LogP contribution is -2.34. The van der Waals surface area contributed by atoms with Gasteiger partial charge in [-0.2, -0.15) is 0 Å². The summed E-state index contributed by atoms with van der Waals surface area (Å²) in [5.41, 5.74) is 0. The zero-order valence-corrected chi connectivity index (χ0v) is 11.7. The second-order valence-corrected chi connectivity index (χ2v) is 6.52. The van der Waals surface area contributed by atoms with Crippen LogP contribution < -0.4 is 0 Å². The van der Waals surface area contributed by atoms with Crippen molar-refractivity contribution in [1.82, 2.24) is 4.90 Å². The first-order chi connectivity index (χ1) is 8.84. The molecule has 1 saturated carbocycles. The van der Waals surface area contributed by atoms with Gasteiger partial charge in [0.2, 0.25) is 0 Å². The Morgan fingerprint density at radius 1 is 1.22 bits per heavy atom. The molecule has 0 atom stereocenters. The van der Waals surface area contributed by atoms with E-state index in [4.69, 9.17) is 0 Å². The maximum absolute atomic E-state index is 12.4. The van der Waals surface area contributed by atoms with Crippen LogP contribution in [0.5, 0.6) is 0 Å². The molecule has 4 heteroatoms. The molecule has 0 aromatic carbocycles. The number of rotatable bonds is 5. The number of hydrogen-bond donors (Lipinski definition) is 0. The van der Waals surface area contributed by atoms with Crippen molar-refractivity contribution in [2.75, 3.05) is 6.54 Å². The molecule has 0 unspecified atom stereocenters. The van der Waals surface area contributed by atoms with Crippen LogP contribution in [0.1, 0.15) is 27.4 Å². The predicted octanol–water partition coefficient (Wildman–Crippen LogP) is 3.66. The van der Waals surface area contributed by atoms with Gasteiger partial charge in [0.15, 0.2) is 0 Å². The highest BCUT2D eigenvalue weighted by atomic mass is 32.1. The Hall–Kier alpha value is -1.13. The van der Waals surface area contributed by atoms with Crippen LogP contribution in [0.15, 0.2) is 35.0 Å². The van der Waals surface area contributed by atoms with Crippen LogP contribution in [0, 0.1) is 0 Å². The third-order valence-electron chi connectivity index (χ3n) is 3.16. The van der Waals surface area contributed by atoms with Crippen LogP contribution in [0.2, 0.25) is 0 Å². The van der Waals surface area contributed by atoms with Crippen LogP contribution >= 0.6 is 22.7 Å². The summed E-state index contributed by atoms with van der Waals surface area (Å²) < 4.78 is 0. The molecule has 1 aliphatic rings. The first kappa shape index (κ1) is 11.9. The summed E-state index contributed by atoms with van der Waals surface area (Å²) in [6.07, 6.45) is 3.31. The second-order valence-electron chi connectivity index (χ2n) is 4.54. The summed E-state index contributed by atoms with van der Waals surface area (Å²) >= 11 is 3.31. The van der Waals surface area contributed by atoms with Gasteiger partial charge in [-0.15, -0.1) is 22.7 Å². The van der Waals surface area contributed by atoms with Crippen molar-refractivity contribution in [2.24, 2.45) is 0 Å². The lowest BCUT2D eigenvalue weighted by Gasteiger charge is -2.21. The predicted molar refractivity (Wildman–Crippen MR) is 76.4 cm³/mol. The van der Waals surface area contributed by atoms with Crippen molar-refractivity contribution < 1.29 is 4.79 Å². The molecule has 94 valence electrons. The molecular weight excluding hydrogens is 262 g/mol. The fraction of sp³-hybridized carbons (Fsp3) is 0.357. The van der Waals surface area contributed by atoms with Gasteiger partial charge in [0, 0.05) is 17.5 Å². The summed E-state index contributed by atoms with van der Waals surface area (Å²) in [7, 11) is 0. The average molecular weight is 277 g/mol. The number of amides is 1. The molecule has 3 rings (SSSR count). The zero-order valence-electron chi connectivity index (χ0n) is 10.0. The van der Waals surface area contributed by atoms with E-state index in [1.807, 2.05) is 17.5 Å². The zero-order chi connectivity index (χ0) is 12.4. The van der Waals surface area contributed by atoms with Crippen LogP contribution in [-0.4, -0.2) is 23.4 Å². The average Bonchev–Trinajstić information content (AvgIpc) is 2.89. The molecule has 0 bridgehead atoms. The Morgan fingerprint density at radius 3 is 2.61 bits per heavy atom. The first-order valence-electron chi connectivity index (χ1n) is 6.21. The Bertz CT molecular complexity index is 500. The summed E-state index contributed by atoms with van der Waals surface area (Å²) in [6, 6.07) is 8.57. The normalized spacial score (nSPS) is 14.7. The fourth-order valence-corrected chi connectivity index (χ4v) is 3.44. The van der Waals surface area contributed by atoms with E-state index in [1.54, 1.807) is 11.3 Å². The van der Waals surface area contributed by atoms with Gasteiger partial charge in [0.1, 0.15) is 0 Å². The second kappa shape index (κ2) is 5.24. The summed E-state index contributed by atoms with van der Waals surface area (Å²) in [5, 5.41) is 4.06. The molecule has 18 heavy (non-hydrogen) atoms. The van der Waals surface area contributed by atoms with Gasteiger partial charge >= 0.3 is 0 Å². The number of hydrogen-bond acceptors (Lipinski definition) is 3. The van der Waals surface area contributed by atoms with Gasteiger partial charge in [0.25, 0.3) is 5.91 Å². The van der Waals surface area contributed by atoms with Gasteiger partial charge < -0.3 is 4.90 Å². The van der Waals surface area contributed by atoms with Crippen LogP contribution in [0.3, 0.4) is 0 Å². The third-order valence-corrected chi connectivity index (χ3v) is 4.95. The molecule has 0 aliphatic heterocycles. The van der Waals surface area contributed by atoms with E-state index in [-0.39, 0.29) is 5.91 Å². The molecule has 1 amide bonds. The molecule has 2 heterocycles. The quantitative estimate of drug-likeness (QED) is 0.817.